The van der Waals surface area contributed by atoms with E-state index in [2.05, 4.69) is 75.0 Å². The van der Waals surface area contributed by atoms with Crippen LogP contribution in [0, 0.1) is 0 Å². The Morgan fingerprint density at radius 1 is 1.00 bits per heavy atom. The molecule has 0 atom stereocenters. The average molecular weight is 407 g/mol. The summed E-state index contributed by atoms with van der Waals surface area (Å²) in [4.78, 5) is 4.00. The minimum atomic E-state index is 0. The molecule has 28 heavy (non-hydrogen) atoms. The molecule has 0 bridgehead atoms. The fourth-order valence-corrected chi connectivity index (χ4v) is 2.84. The van der Waals surface area contributed by atoms with E-state index in [1.807, 2.05) is 10.9 Å². The lowest BCUT2D eigenvalue weighted by atomic mass is 9.79. The van der Waals surface area contributed by atoms with Gasteiger partial charge in [0.25, 0.3) is 0 Å². The first-order valence-corrected chi connectivity index (χ1v) is 9.54. The Balaban J connectivity index is 0.00000392. The SMILES string of the molecule is CC(C)(C)c1cc(Cn2cc(CCCN=C(N)N)nn2)cc(C(C)(C)C)c1.Cl. The van der Waals surface area contributed by atoms with E-state index >= 15 is 0 Å². The maximum atomic E-state index is 5.34. The van der Waals surface area contributed by atoms with Crippen LogP contribution < -0.4 is 11.5 Å². The molecule has 0 saturated carbocycles. The smallest absolute Gasteiger partial charge is 0.185 e. The molecule has 0 fully saturated rings. The summed E-state index contributed by atoms with van der Waals surface area (Å²) in [6.07, 6.45) is 3.67. The van der Waals surface area contributed by atoms with Gasteiger partial charge >= 0.3 is 0 Å². The molecule has 1 aromatic heterocycles. The topological polar surface area (TPSA) is 95.1 Å². The Morgan fingerprint density at radius 3 is 2.07 bits per heavy atom. The van der Waals surface area contributed by atoms with E-state index in [1.54, 1.807) is 0 Å². The van der Waals surface area contributed by atoms with Crippen LogP contribution in [0.4, 0.5) is 0 Å². The Morgan fingerprint density at radius 2 is 1.57 bits per heavy atom. The number of aliphatic imine (C=N–C) groups is 1. The van der Waals surface area contributed by atoms with Crippen molar-refractivity contribution in [2.75, 3.05) is 6.54 Å². The van der Waals surface area contributed by atoms with Crippen LogP contribution in [0.5, 0.6) is 0 Å². The summed E-state index contributed by atoms with van der Waals surface area (Å²) in [7, 11) is 0. The number of guanidine groups is 1. The predicted octanol–water partition coefficient (Wildman–Crippen LogP) is 3.55. The Kier molecular flexibility index (Phi) is 8.05. The van der Waals surface area contributed by atoms with Gasteiger partial charge in [0.1, 0.15) is 0 Å². The van der Waals surface area contributed by atoms with Gasteiger partial charge in [-0.05, 0) is 40.4 Å². The molecule has 0 aliphatic carbocycles. The molecule has 4 N–H and O–H groups in total. The summed E-state index contributed by atoms with van der Waals surface area (Å²) in [5.41, 5.74) is 15.8. The molecule has 1 heterocycles. The second kappa shape index (κ2) is 9.41. The lowest BCUT2D eigenvalue weighted by Crippen LogP contribution is -2.23. The van der Waals surface area contributed by atoms with Gasteiger partial charge in [-0.1, -0.05) is 65.0 Å². The molecule has 156 valence electrons. The van der Waals surface area contributed by atoms with Crippen molar-refractivity contribution in [1.29, 1.82) is 0 Å². The van der Waals surface area contributed by atoms with Crippen molar-refractivity contribution in [1.82, 2.24) is 15.0 Å². The largest absolute Gasteiger partial charge is 0.370 e. The summed E-state index contributed by atoms with van der Waals surface area (Å²) >= 11 is 0. The Hall–Kier alpha value is -2.08. The van der Waals surface area contributed by atoms with Gasteiger partial charge in [0.2, 0.25) is 0 Å². The minimum absolute atomic E-state index is 0. The van der Waals surface area contributed by atoms with Crippen molar-refractivity contribution in [3.8, 4) is 0 Å². The first kappa shape index (κ1) is 24.0. The second-order valence-corrected chi connectivity index (χ2v) is 9.24. The zero-order valence-corrected chi connectivity index (χ0v) is 18.8. The normalized spacial score (nSPS) is 11.8. The Bertz CT molecular complexity index is 760. The molecule has 0 saturated heterocycles. The molecule has 0 radical (unpaired) electrons. The van der Waals surface area contributed by atoms with Gasteiger partial charge in [0.15, 0.2) is 5.96 Å². The molecule has 0 unspecified atom stereocenters. The van der Waals surface area contributed by atoms with Crippen LogP contribution in [0.3, 0.4) is 0 Å². The second-order valence-electron chi connectivity index (χ2n) is 9.24. The van der Waals surface area contributed by atoms with Crippen molar-refractivity contribution in [2.24, 2.45) is 16.5 Å². The quantitative estimate of drug-likeness (QED) is 0.435. The number of halogens is 1. The summed E-state index contributed by atoms with van der Waals surface area (Å²) in [6.45, 7) is 14.8. The number of nitrogens with zero attached hydrogens (tertiary/aromatic N) is 4. The fourth-order valence-electron chi connectivity index (χ4n) is 2.84. The maximum Gasteiger partial charge on any atom is 0.185 e. The Labute approximate surface area is 175 Å². The summed E-state index contributed by atoms with van der Waals surface area (Å²) in [6, 6.07) is 6.91. The molecule has 6 nitrogen and oxygen atoms in total. The summed E-state index contributed by atoms with van der Waals surface area (Å²) < 4.78 is 1.91. The van der Waals surface area contributed by atoms with Crippen LogP contribution in [-0.4, -0.2) is 27.5 Å². The van der Waals surface area contributed by atoms with Crippen molar-refractivity contribution < 1.29 is 0 Å². The zero-order chi connectivity index (χ0) is 20.2. The number of benzene rings is 1. The van der Waals surface area contributed by atoms with E-state index in [9.17, 15) is 0 Å². The van der Waals surface area contributed by atoms with Gasteiger partial charge in [0.05, 0.1) is 12.2 Å². The molecule has 0 aliphatic heterocycles. The summed E-state index contributed by atoms with van der Waals surface area (Å²) in [5, 5.41) is 8.56. The van der Waals surface area contributed by atoms with Crippen LogP contribution in [0.15, 0.2) is 29.4 Å². The standard InChI is InChI=1S/C21H34N6.ClH/c1-20(2,3)16-10-15(11-17(12-16)21(4,5)6)13-27-14-18(25-26-27)8-7-9-24-19(22)23;/h10-12,14H,7-9,13H2,1-6H3,(H4,22,23,24);1H. The number of hydrogen-bond donors (Lipinski definition) is 2. The lowest BCUT2D eigenvalue weighted by Gasteiger charge is -2.26. The molecule has 1 aromatic carbocycles. The third-order valence-corrected chi connectivity index (χ3v) is 4.54. The monoisotopic (exact) mass is 406 g/mol. The molecular formula is C21H35ClN6. The molecule has 2 aromatic rings. The number of aromatic nitrogens is 3. The third-order valence-electron chi connectivity index (χ3n) is 4.54. The average Bonchev–Trinajstić information content (AvgIpc) is 2.97. The van der Waals surface area contributed by atoms with E-state index in [0.717, 1.165) is 18.5 Å². The lowest BCUT2D eigenvalue weighted by molar-refractivity contribution is 0.563. The molecular weight excluding hydrogens is 372 g/mol. The molecule has 2 rings (SSSR count). The van der Waals surface area contributed by atoms with E-state index in [0.29, 0.717) is 13.1 Å². The number of nitrogens with two attached hydrogens (primary N) is 2. The van der Waals surface area contributed by atoms with Crippen molar-refractivity contribution in [3.05, 3.63) is 46.8 Å². The van der Waals surface area contributed by atoms with Gasteiger partial charge in [0, 0.05) is 12.7 Å². The van der Waals surface area contributed by atoms with Gasteiger partial charge in [-0.25, -0.2) is 4.68 Å². The van der Waals surface area contributed by atoms with Crippen molar-refractivity contribution in [3.63, 3.8) is 0 Å². The first-order valence-electron chi connectivity index (χ1n) is 9.54. The zero-order valence-electron chi connectivity index (χ0n) is 18.0. The van der Waals surface area contributed by atoms with Crippen LogP contribution in [-0.2, 0) is 23.8 Å². The molecule has 0 amide bonds. The summed E-state index contributed by atoms with van der Waals surface area (Å²) in [5.74, 6) is 0.132. The minimum Gasteiger partial charge on any atom is -0.370 e. The first-order chi connectivity index (χ1) is 12.4. The van der Waals surface area contributed by atoms with Crippen molar-refractivity contribution >= 4 is 18.4 Å². The van der Waals surface area contributed by atoms with E-state index in [4.69, 9.17) is 11.5 Å². The van der Waals surface area contributed by atoms with E-state index < -0.39 is 0 Å². The van der Waals surface area contributed by atoms with Crippen LogP contribution in [0.1, 0.15) is 70.3 Å². The van der Waals surface area contributed by atoms with E-state index in [1.165, 1.54) is 16.7 Å². The highest BCUT2D eigenvalue weighted by Crippen LogP contribution is 2.30. The number of rotatable bonds is 6. The number of hydrogen-bond acceptors (Lipinski definition) is 3. The fraction of sp³-hybridized carbons (Fsp3) is 0.571. The highest BCUT2D eigenvalue weighted by atomic mass is 35.5. The van der Waals surface area contributed by atoms with Gasteiger partial charge in [-0.2, -0.15) is 0 Å². The highest BCUT2D eigenvalue weighted by Gasteiger charge is 2.20. The van der Waals surface area contributed by atoms with Crippen LogP contribution >= 0.6 is 12.4 Å². The van der Waals surface area contributed by atoms with Gasteiger partial charge < -0.3 is 11.5 Å². The molecule has 7 heteroatoms. The van der Waals surface area contributed by atoms with E-state index in [-0.39, 0.29) is 29.2 Å². The van der Waals surface area contributed by atoms with Gasteiger partial charge in [-0.15, -0.1) is 17.5 Å². The predicted molar refractivity (Wildman–Crippen MR) is 119 cm³/mol. The molecule has 0 spiro atoms. The van der Waals surface area contributed by atoms with Crippen molar-refractivity contribution in [2.45, 2.75) is 71.8 Å². The maximum absolute atomic E-state index is 5.34. The van der Waals surface area contributed by atoms with Gasteiger partial charge in [-0.3, -0.25) is 4.99 Å². The van der Waals surface area contributed by atoms with Crippen LogP contribution in [0.25, 0.3) is 0 Å². The number of aryl methyl sites for hydroxylation is 1. The molecule has 0 aliphatic rings. The highest BCUT2D eigenvalue weighted by molar-refractivity contribution is 5.85. The van der Waals surface area contributed by atoms with Crippen LogP contribution in [0.2, 0.25) is 0 Å². The third kappa shape index (κ3) is 7.15.